The van der Waals surface area contributed by atoms with Crippen molar-refractivity contribution in [1.82, 2.24) is 4.98 Å². The molecule has 4 heteroatoms. The van der Waals surface area contributed by atoms with Crippen LogP contribution in [0.5, 0.6) is 0 Å². The minimum atomic E-state index is 0.150. The van der Waals surface area contributed by atoms with Gasteiger partial charge in [0.25, 0.3) is 6.01 Å². The van der Waals surface area contributed by atoms with E-state index in [9.17, 15) is 4.79 Å². The van der Waals surface area contributed by atoms with Crippen molar-refractivity contribution < 1.29 is 9.21 Å². The lowest BCUT2D eigenvalue weighted by atomic mass is 10.1. The molecule has 17 heavy (non-hydrogen) atoms. The van der Waals surface area contributed by atoms with Gasteiger partial charge in [-0.1, -0.05) is 6.92 Å². The first-order valence-electron chi connectivity index (χ1n) is 5.73. The molecular formula is C13H16N2O2. The summed E-state index contributed by atoms with van der Waals surface area (Å²) < 4.78 is 5.56. The Morgan fingerprint density at radius 3 is 2.82 bits per heavy atom. The number of hydrogen-bond donors (Lipinski definition) is 0. The second-order valence-corrected chi connectivity index (χ2v) is 4.25. The normalized spacial score (nSPS) is 10.8. The lowest BCUT2D eigenvalue weighted by Crippen LogP contribution is -2.08. The van der Waals surface area contributed by atoms with Crippen LogP contribution in [0.4, 0.5) is 6.01 Å². The largest absolute Gasteiger partial charge is 0.423 e. The average Bonchev–Trinajstić information content (AvgIpc) is 2.71. The first-order valence-corrected chi connectivity index (χ1v) is 5.73. The summed E-state index contributed by atoms with van der Waals surface area (Å²) in [7, 11) is 3.74. The monoisotopic (exact) mass is 232 g/mol. The van der Waals surface area contributed by atoms with Gasteiger partial charge >= 0.3 is 0 Å². The number of rotatable bonds is 4. The molecule has 0 fully saturated rings. The van der Waals surface area contributed by atoms with E-state index in [0.29, 0.717) is 23.6 Å². The molecule has 0 atom stereocenters. The van der Waals surface area contributed by atoms with Crippen molar-refractivity contribution in [3.05, 3.63) is 23.8 Å². The number of anilines is 1. The zero-order valence-corrected chi connectivity index (χ0v) is 10.4. The van der Waals surface area contributed by atoms with Crippen molar-refractivity contribution >= 4 is 22.9 Å². The Kier molecular flexibility index (Phi) is 3.13. The molecule has 1 aromatic heterocycles. The van der Waals surface area contributed by atoms with Crippen LogP contribution in [0.3, 0.4) is 0 Å². The highest BCUT2D eigenvalue weighted by Crippen LogP contribution is 2.22. The molecule has 0 bridgehead atoms. The Morgan fingerprint density at radius 2 is 2.18 bits per heavy atom. The smallest absolute Gasteiger partial charge is 0.297 e. The molecule has 0 N–H and O–H groups in total. The van der Waals surface area contributed by atoms with E-state index in [2.05, 4.69) is 4.98 Å². The predicted octanol–water partition coefficient (Wildman–Crippen LogP) is 2.88. The molecule has 1 heterocycles. The van der Waals surface area contributed by atoms with E-state index in [1.807, 2.05) is 33.2 Å². The van der Waals surface area contributed by atoms with Gasteiger partial charge in [0.1, 0.15) is 5.52 Å². The number of ketones is 1. The van der Waals surface area contributed by atoms with Crippen LogP contribution in [0.25, 0.3) is 11.1 Å². The fourth-order valence-corrected chi connectivity index (χ4v) is 1.65. The van der Waals surface area contributed by atoms with Crippen LogP contribution in [0, 0.1) is 0 Å². The van der Waals surface area contributed by atoms with Gasteiger partial charge in [-0.15, -0.1) is 0 Å². The molecular weight excluding hydrogens is 216 g/mol. The summed E-state index contributed by atoms with van der Waals surface area (Å²) in [6.45, 7) is 2.00. The Balaban J connectivity index is 2.40. The van der Waals surface area contributed by atoms with Crippen molar-refractivity contribution in [3.8, 4) is 0 Å². The summed E-state index contributed by atoms with van der Waals surface area (Å²) in [6, 6.07) is 5.96. The molecule has 0 aliphatic heterocycles. The van der Waals surface area contributed by atoms with Gasteiger partial charge in [-0.2, -0.15) is 4.98 Å². The summed E-state index contributed by atoms with van der Waals surface area (Å²) in [4.78, 5) is 17.9. The molecule has 0 saturated carbocycles. The number of carbonyl (C=O) groups is 1. The summed E-state index contributed by atoms with van der Waals surface area (Å²) in [5.41, 5.74) is 2.14. The number of benzene rings is 1. The van der Waals surface area contributed by atoms with E-state index in [1.54, 1.807) is 11.0 Å². The number of aromatic nitrogens is 1. The molecule has 2 rings (SSSR count). The quantitative estimate of drug-likeness (QED) is 0.760. The highest BCUT2D eigenvalue weighted by Gasteiger charge is 2.10. The fourth-order valence-electron chi connectivity index (χ4n) is 1.65. The van der Waals surface area contributed by atoms with Crippen LogP contribution in [0.2, 0.25) is 0 Å². The Hall–Kier alpha value is -1.84. The van der Waals surface area contributed by atoms with Crippen molar-refractivity contribution in [3.63, 3.8) is 0 Å². The number of fused-ring (bicyclic) bond motifs is 1. The topological polar surface area (TPSA) is 46.3 Å². The summed E-state index contributed by atoms with van der Waals surface area (Å²) in [5.74, 6) is 0.150. The predicted molar refractivity (Wildman–Crippen MR) is 67.6 cm³/mol. The molecule has 0 spiro atoms. The number of oxazole rings is 1. The number of Topliss-reactive ketones (excluding diaryl/α,β-unsaturated/α-hetero) is 1. The van der Waals surface area contributed by atoms with Crippen LogP contribution in [-0.2, 0) is 0 Å². The van der Waals surface area contributed by atoms with Gasteiger partial charge in [0.2, 0.25) is 0 Å². The minimum absolute atomic E-state index is 0.150. The van der Waals surface area contributed by atoms with E-state index >= 15 is 0 Å². The average molecular weight is 232 g/mol. The van der Waals surface area contributed by atoms with E-state index in [4.69, 9.17) is 4.42 Å². The van der Waals surface area contributed by atoms with Crippen LogP contribution in [0.15, 0.2) is 22.6 Å². The molecule has 0 unspecified atom stereocenters. The zero-order chi connectivity index (χ0) is 12.4. The SMILES string of the molecule is CCCC(=O)c1ccc2nc(N(C)C)oc2c1. The summed E-state index contributed by atoms with van der Waals surface area (Å²) in [5, 5.41) is 0. The first kappa shape index (κ1) is 11.6. The third-order valence-corrected chi connectivity index (χ3v) is 2.56. The van der Waals surface area contributed by atoms with Crippen LogP contribution in [0.1, 0.15) is 30.1 Å². The maximum Gasteiger partial charge on any atom is 0.297 e. The molecule has 4 nitrogen and oxygen atoms in total. The highest BCUT2D eigenvalue weighted by molar-refractivity contribution is 5.98. The molecule has 0 aliphatic rings. The fraction of sp³-hybridized carbons (Fsp3) is 0.385. The van der Waals surface area contributed by atoms with Gasteiger partial charge < -0.3 is 9.32 Å². The van der Waals surface area contributed by atoms with Gasteiger partial charge in [0.05, 0.1) is 0 Å². The molecule has 0 amide bonds. The number of hydrogen-bond acceptors (Lipinski definition) is 4. The zero-order valence-electron chi connectivity index (χ0n) is 10.4. The van der Waals surface area contributed by atoms with Crippen LogP contribution < -0.4 is 4.90 Å². The van der Waals surface area contributed by atoms with Crippen LogP contribution in [-0.4, -0.2) is 24.9 Å². The lowest BCUT2D eigenvalue weighted by molar-refractivity contribution is 0.0982. The Bertz CT molecular complexity index is 543. The van der Waals surface area contributed by atoms with E-state index in [-0.39, 0.29) is 5.78 Å². The van der Waals surface area contributed by atoms with Gasteiger partial charge in [0, 0.05) is 26.1 Å². The van der Waals surface area contributed by atoms with E-state index < -0.39 is 0 Å². The molecule has 90 valence electrons. The lowest BCUT2D eigenvalue weighted by Gasteiger charge is -2.03. The molecule has 1 aromatic carbocycles. The first-order chi connectivity index (χ1) is 8.11. The summed E-state index contributed by atoms with van der Waals surface area (Å²) in [6.07, 6.45) is 1.43. The van der Waals surface area contributed by atoms with Crippen molar-refractivity contribution in [2.24, 2.45) is 0 Å². The van der Waals surface area contributed by atoms with Gasteiger partial charge in [-0.05, 0) is 24.6 Å². The van der Waals surface area contributed by atoms with Crippen molar-refractivity contribution in [2.75, 3.05) is 19.0 Å². The van der Waals surface area contributed by atoms with Gasteiger partial charge in [-0.25, -0.2) is 0 Å². The Labute approximate surface area is 100 Å². The molecule has 0 aliphatic carbocycles. The van der Waals surface area contributed by atoms with E-state index in [1.165, 1.54) is 0 Å². The van der Waals surface area contributed by atoms with Crippen molar-refractivity contribution in [2.45, 2.75) is 19.8 Å². The second kappa shape index (κ2) is 4.57. The maximum absolute atomic E-state index is 11.8. The molecule has 0 saturated heterocycles. The maximum atomic E-state index is 11.8. The molecule has 0 radical (unpaired) electrons. The summed E-state index contributed by atoms with van der Waals surface area (Å²) >= 11 is 0. The molecule has 2 aromatic rings. The third-order valence-electron chi connectivity index (χ3n) is 2.56. The van der Waals surface area contributed by atoms with Crippen molar-refractivity contribution in [1.29, 1.82) is 0 Å². The minimum Gasteiger partial charge on any atom is -0.423 e. The standard InChI is InChI=1S/C13H16N2O2/c1-4-5-11(16)9-6-7-10-12(8-9)17-13(14-10)15(2)3/h6-8H,4-5H2,1-3H3. The van der Waals surface area contributed by atoms with E-state index in [0.717, 1.165) is 11.9 Å². The third kappa shape index (κ3) is 2.30. The second-order valence-electron chi connectivity index (χ2n) is 4.25. The van der Waals surface area contributed by atoms with Crippen LogP contribution >= 0.6 is 0 Å². The van der Waals surface area contributed by atoms with Gasteiger partial charge in [-0.3, -0.25) is 4.79 Å². The highest BCUT2D eigenvalue weighted by atomic mass is 16.4. The Morgan fingerprint density at radius 1 is 1.41 bits per heavy atom. The number of carbonyl (C=O) groups excluding carboxylic acids is 1. The number of nitrogens with zero attached hydrogens (tertiary/aromatic N) is 2. The van der Waals surface area contributed by atoms with Gasteiger partial charge in [0.15, 0.2) is 11.4 Å².